The van der Waals surface area contributed by atoms with Crippen LogP contribution in [0.2, 0.25) is 0 Å². The lowest BCUT2D eigenvalue weighted by Crippen LogP contribution is -2.46. The normalized spacial score (nSPS) is 25.0. The average Bonchev–Trinajstić information content (AvgIpc) is 3.37. The van der Waals surface area contributed by atoms with E-state index in [1.807, 2.05) is 6.92 Å². The molecule has 0 aliphatic carbocycles. The van der Waals surface area contributed by atoms with Gasteiger partial charge >= 0.3 is 0 Å². The standard InChI is InChI=1S/C31H36F2N6O2/c1-4-6-8-14-38-28-26(34-20-12-10-18(32)15-22(20)36-28)24(30(38)40)25-27-29(39(31(25)41)17(3)9-7-5-2)37-23-16-19(33)11-13-21(23)35-27/h10-13,15-17,24-27,34-35H,4-9,14H2,1-3H3. The number of halogens is 2. The highest BCUT2D eigenvalue weighted by atomic mass is 19.1. The molecule has 2 saturated heterocycles. The molecular weight excluding hydrogens is 526 g/mol. The minimum Gasteiger partial charge on any atom is -0.373 e. The van der Waals surface area contributed by atoms with Gasteiger partial charge in [-0.15, -0.1) is 0 Å². The van der Waals surface area contributed by atoms with Crippen molar-refractivity contribution in [1.82, 2.24) is 9.80 Å². The number of nitrogens with zero attached hydrogens (tertiary/aromatic N) is 4. The van der Waals surface area contributed by atoms with Gasteiger partial charge in [0.1, 0.15) is 23.3 Å². The molecule has 2 aromatic carbocycles. The average molecular weight is 563 g/mol. The minimum absolute atomic E-state index is 0.140. The zero-order chi connectivity index (χ0) is 28.8. The maximum atomic E-state index is 14.4. The molecule has 5 unspecified atom stereocenters. The first-order valence-corrected chi connectivity index (χ1v) is 14.8. The fraction of sp³-hybridized carbons (Fsp3) is 0.484. The van der Waals surface area contributed by atoms with Gasteiger partial charge in [0, 0.05) is 24.7 Å². The predicted octanol–water partition coefficient (Wildman–Crippen LogP) is 6.00. The Morgan fingerprint density at radius 3 is 1.98 bits per heavy atom. The molecule has 0 aromatic heterocycles. The van der Waals surface area contributed by atoms with Gasteiger partial charge in [-0.1, -0.05) is 39.5 Å². The van der Waals surface area contributed by atoms with Crippen LogP contribution >= 0.6 is 0 Å². The Kier molecular flexibility index (Phi) is 7.25. The minimum atomic E-state index is -0.760. The van der Waals surface area contributed by atoms with E-state index in [1.165, 1.54) is 24.3 Å². The van der Waals surface area contributed by atoms with E-state index in [9.17, 15) is 18.4 Å². The number of unbranched alkanes of at least 4 members (excludes halogenated alkanes) is 3. The highest BCUT2D eigenvalue weighted by Gasteiger charge is 2.60. The number of nitrogens with one attached hydrogen (secondary N) is 2. The molecule has 41 heavy (non-hydrogen) atoms. The number of hydrogen-bond acceptors (Lipinski definition) is 6. The third-order valence-electron chi connectivity index (χ3n) is 8.67. The Bertz CT molecular complexity index is 1440. The molecule has 2 fully saturated rings. The first-order chi connectivity index (χ1) is 19.8. The van der Waals surface area contributed by atoms with Crippen molar-refractivity contribution in [2.75, 3.05) is 17.2 Å². The summed E-state index contributed by atoms with van der Waals surface area (Å²) in [6.07, 6.45) is 5.44. The number of aliphatic imine (C=N–C) groups is 2. The number of fused-ring (bicyclic) bond motifs is 4. The van der Waals surface area contributed by atoms with E-state index >= 15 is 0 Å². The van der Waals surface area contributed by atoms with E-state index in [-0.39, 0.29) is 17.9 Å². The van der Waals surface area contributed by atoms with Crippen LogP contribution < -0.4 is 10.6 Å². The Hall–Kier alpha value is -3.82. The number of rotatable bonds is 9. The summed E-state index contributed by atoms with van der Waals surface area (Å²) in [6.45, 7) is 6.68. The molecule has 2 amide bonds. The Balaban J connectivity index is 1.43. The molecule has 2 aromatic rings. The van der Waals surface area contributed by atoms with Gasteiger partial charge in [-0.3, -0.25) is 19.4 Å². The smallest absolute Gasteiger partial charge is 0.234 e. The van der Waals surface area contributed by atoms with E-state index in [0.717, 1.165) is 38.5 Å². The van der Waals surface area contributed by atoms with Gasteiger partial charge in [-0.05, 0) is 44.0 Å². The number of anilines is 2. The molecule has 4 heterocycles. The number of carbonyl (C=O) groups is 2. The van der Waals surface area contributed by atoms with Gasteiger partial charge in [0.25, 0.3) is 0 Å². The fourth-order valence-electron chi connectivity index (χ4n) is 6.61. The third-order valence-corrected chi connectivity index (χ3v) is 8.67. The summed E-state index contributed by atoms with van der Waals surface area (Å²) in [5.74, 6) is -1.62. The van der Waals surface area contributed by atoms with Crippen LogP contribution in [-0.4, -0.2) is 58.0 Å². The number of hydrogen-bond donors (Lipinski definition) is 2. The fourth-order valence-corrected chi connectivity index (χ4v) is 6.61. The van der Waals surface area contributed by atoms with Gasteiger partial charge in [0.05, 0.1) is 46.7 Å². The lowest BCUT2D eigenvalue weighted by molar-refractivity contribution is -0.139. The lowest BCUT2D eigenvalue weighted by atomic mass is 9.82. The maximum Gasteiger partial charge on any atom is 0.234 e. The summed E-state index contributed by atoms with van der Waals surface area (Å²) in [4.78, 5) is 41.7. The molecular formula is C31H36F2N6O2. The van der Waals surface area contributed by atoms with E-state index < -0.39 is 35.6 Å². The van der Waals surface area contributed by atoms with Gasteiger partial charge in [-0.2, -0.15) is 0 Å². The quantitative estimate of drug-likeness (QED) is 0.367. The summed E-state index contributed by atoms with van der Waals surface area (Å²) < 4.78 is 28.2. The van der Waals surface area contributed by atoms with Crippen LogP contribution in [0.4, 0.5) is 31.5 Å². The number of benzene rings is 2. The second-order valence-corrected chi connectivity index (χ2v) is 11.5. The predicted molar refractivity (Wildman–Crippen MR) is 156 cm³/mol. The van der Waals surface area contributed by atoms with Crippen molar-refractivity contribution in [3.05, 3.63) is 48.0 Å². The molecule has 0 bridgehead atoms. The first-order valence-electron chi connectivity index (χ1n) is 14.8. The van der Waals surface area contributed by atoms with Crippen molar-refractivity contribution >= 4 is 46.2 Å². The monoisotopic (exact) mass is 562 g/mol. The van der Waals surface area contributed by atoms with Crippen LogP contribution in [-0.2, 0) is 9.59 Å². The summed E-state index contributed by atoms with van der Waals surface area (Å²) >= 11 is 0. The van der Waals surface area contributed by atoms with Gasteiger partial charge in [0.15, 0.2) is 0 Å². The van der Waals surface area contributed by atoms with Crippen molar-refractivity contribution in [1.29, 1.82) is 0 Å². The molecule has 4 aliphatic heterocycles. The number of amides is 2. The van der Waals surface area contributed by atoms with Crippen LogP contribution in [0.25, 0.3) is 0 Å². The molecule has 0 saturated carbocycles. The van der Waals surface area contributed by atoms with Crippen LogP contribution in [0.1, 0.15) is 59.3 Å². The number of carbonyl (C=O) groups excluding carboxylic acids is 2. The molecule has 0 radical (unpaired) electrons. The van der Waals surface area contributed by atoms with E-state index in [1.54, 1.807) is 21.9 Å². The van der Waals surface area contributed by atoms with Crippen molar-refractivity contribution in [2.45, 2.75) is 77.4 Å². The van der Waals surface area contributed by atoms with E-state index in [2.05, 4.69) is 24.5 Å². The molecule has 6 rings (SSSR count). The van der Waals surface area contributed by atoms with Crippen LogP contribution in [0, 0.1) is 23.5 Å². The Morgan fingerprint density at radius 2 is 1.37 bits per heavy atom. The van der Waals surface area contributed by atoms with Gasteiger partial charge in [0.2, 0.25) is 11.8 Å². The van der Waals surface area contributed by atoms with Gasteiger partial charge < -0.3 is 10.6 Å². The van der Waals surface area contributed by atoms with Crippen molar-refractivity contribution in [2.24, 2.45) is 21.8 Å². The highest BCUT2D eigenvalue weighted by Crippen LogP contribution is 2.45. The zero-order valence-corrected chi connectivity index (χ0v) is 23.7. The van der Waals surface area contributed by atoms with E-state index in [0.29, 0.717) is 41.0 Å². The van der Waals surface area contributed by atoms with Crippen molar-refractivity contribution < 1.29 is 18.4 Å². The number of likely N-dealkylation sites (tertiary alicyclic amines) is 2. The first kappa shape index (κ1) is 27.4. The Labute approximate surface area is 238 Å². The Morgan fingerprint density at radius 1 is 0.805 bits per heavy atom. The molecule has 5 atom stereocenters. The molecule has 8 nitrogen and oxygen atoms in total. The van der Waals surface area contributed by atoms with Crippen molar-refractivity contribution in [3.63, 3.8) is 0 Å². The lowest BCUT2D eigenvalue weighted by Gasteiger charge is -2.31. The van der Waals surface area contributed by atoms with Gasteiger partial charge in [-0.25, -0.2) is 18.8 Å². The third kappa shape index (κ3) is 4.67. The molecule has 216 valence electrons. The summed E-state index contributed by atoms with van der Waals surface area (Å²) in [6, 6.07) is 7.42. The topological polar surface area (TPSA) is 89.4 Å². The summed E-state index contributed by atoms with van der Waals surface area (Å²) in [5, 5.41) is 6.88. The van der Waals surface area contributed by atoms with Crippen LogP contribution in [0.3, 0.4) is 0 Å². The molecule has 0 spiro atoms. The van der Waals surface area contributed by atoms with Crippen molar-refractivity contribution in [3.8, 4) is 0 Å². The second kappa shape index (κ2) is 10.9. The van der Waals surface area contributed by atoms with Crippen LogP contribution in [0.5, 0.6) is 0 Å². The zero-order valence-electron chi connectivity index (χ0n) is 23.7. The molecule has 2 N–H and O–H groups in total. The summed E-state index contributed by atoms with van der Waals surface area (Å²) in [7, 11) is 0. The number of amidine groups is 2. The second-order valence-electron chi connectivity index (χ2n) is 11.5. The van der Waals surface area contributed by atoms with E-state index in [4.69, 9.17) is 9.98 Å². The maximum absolute atomic E-state index is 14.4. The summed E-state index contributed by atoms with van der Waals surface area (Å²) in [5.41, 5.74) is 2.12. The SMILES string of the molecule is CCCCCN1C(=O)C(C2C(=O)N(C(C)CCCC)C3=Nc4cc(F)ccc4NC32)C2Nc3ccc(F)cc3N=C21. The molecule has 4 aliphatic rings. The molecule has 10 heteroatoms. The van der Waals surface area contributed by atoms with Crippen LogP contribution in [0.15, 0.2) is 46.4 Å². The highest BCUT2D eigenvalue weighted by molar-refractivity contribution is 6.19. The largest absolute Gasteiger partial charge is 0.373 e.